The molecule has 0 amide bonds. The first-order valence-corrected chi connectivity index (χ1v) is 13.9. The number of aliphatic hydroxyl groups excluding tert-OH is 1. The van der Waals surface area contributed by atoms with Gasteiger partial charge in [-0.3, -0.25) is 4.79 Å². The van der Waals surface area contributed by atoms with Gasteiger partial charge in [0.25, 0.3) is 0 Å². The molecular formula is C30H48O3. The molecule has 3 nitrogen and oxygen atoms in total. The number of fused-ring (bicyclic) bond motifs is 7. The smallest absolute Gasteiger partial charge is 0.136 e. The van der Waals surface area contributed by atoms with E-state index < -0.39 is 0 Å². The van der Waals surface area contributed by atoms with Gasteiger partial charge >= 0.3 is 0 Å². The number of Topliss-reactive ketones (excluding diaryl/α,β-unsaturated/α-hetero) is 1. The molecule has 3 heteroatoms. The molecule has 0 radical (unpaired) electrons. The highest BCUT2D eigenvalue weighted by molar-refractivity contribution is 5.83. The normalized spacial score (nSPS) is 57.8. The second-order valence-corrected chi connectivity index (χ2v) is 15.1. The minimum atomic E-state index is -0.270. The minimum absolute atomic E-state index is 0.0308. The SMILES string of the molecule is C[C@H]1C(=O)CC[C@@H]2[C@]1(C)CC[C@H]1[C@@]2(C=O)CC[C@@]2(C)[C@@H]3CC(C)(C)[C@H](O)C[C@]3(C)CC[C@]12C. The van der Waals surface area contributed by atoms with Crippen molar-refractivity contribution in [1.29, 1.82) is 0 Å². The summed E-state index contributed by atoms with van der Waals surface area (Å²) in [6.07, 6.45) is 11.4. The Morgan fingerprint density at radius 2 is 1.45 bits per heavy atom. The van der Waals surface area contributed by atoms with E-state index in [0.29, 0.717) is 30.0 Å². The summed E-state index contributed by atoms with van der Waals surface area (Å²) in [5.74, 6) is 1.83. The van der Waals surface area contributed by atoms with Gasteiger partial charge in [0.05, 0.1) is 6.10 Å². The molecule has 186 valence electrons. The summed E-state index contributed by atoms with van der Waals surface area (Å²) < 4.78 is 0. The second-order valence-electron chi connectivity index (χ2n) is 15.1. The number of carbonyl (C=O) groups is 2. The molecule has 0 aromatic rings. The second kappa shape index (κ2) is 6.95. The molecular weight excluding hydrogens is 408 g/mol. The number of aliphatic hydroxyl groups is 1. The summed E-state index contributed by atoms with van der Waals surface area (Å²) in [5.41, 5.74) is 0.179. The molecule has 5 saturated carbocycles. The Hall–Kier alpha value is -0.700. The summed E-state index contributed by atoms with van der Waals surface area (Å²) in [7, 11) is 0. The first-order valence-electron chi connectivity index (χ1n) is 13.9. The van der Waals surface area contributed by atoms with Gasteiger partial charge < -0.3 is 9.90 Å². The molecule has 0 spiro atoms. The molecule has 0 bridgehead atoms. The number of hydrogen-bond acceptors (Lipinski definition) is 3. The average molecular weight is 457 g/mol. The van der Waals surface area contributed by atoms with Crippen molar-refractivity contribution in [2.24, 2.45) is 56.2 Å². The van der Waals surface area contributed by atoms with Crippen LogP contribution in [0.4, 0.5) is 0 Å². The van der Waals surface area contributed by atoms with Crippen LogP contribution in [0, 0.1) is 56.2 Å². The van der Waals surface area contributed by atoms with E-state index in [9.17, 15) is 14.7 Å². The summed E-state index contributed by atoms with van der Waals surface area (Å²) in [5, 5.41) is 11.0. The maximum atomic E-state index is 13.2. The molecule has 5 rings (SSSR count). The van der Waals surface area contributed by atoms with Gasteiger partial charge in [0.15, 0.2) is 0 Å². The van der Waals surface area contributed by atoms with Crippen LogP contribution in [0.3, 0.4) is 0 Å². The van der Waals surface area contributed by atoms with Gasteiger partial charge in [0.1, 0.15) is 12.1 Å². The van der Waals surface area contributed by atoms with Gasteiger partial charge in [-0.05, 0) is 103 Å². The predicted octanol–water partition coefficient (Wildman–Crippen LogP) is 6.61. The van der Waals surface area contributed by atoms with E-state index >= 15 is 0 Å². The molecule has 10 atom stereocenters. The summed E-state index contributed by atoms with van der Waals surface area (Å²) >= 11 is 0. The van der Waals surface area contributed by atoms with Crippen LogP contribution < -0.4 is 0 Å². The van der Waals surface area contributed by atoms with Crippen LogP contribution in [0.15, 0.2) is 0 Å². The monoisotopic (exact) mass is 456 g/mol. The van der Waals surface area contributed by atoms with Gasteiger partial charge in [-0.2, -0.15) is 0 Å². The molecule has 0 aromatic carbocycles. The first kappa shape index (κ1) is 24.0. The molecule has 0 aliphatic heterocycles. The quantitative estimate of drug-likeness (QED) is 0.452. The Labute approximate surface area is 201 Å². The van der Waals surface area contributed by atoms with Crippen LogP contribution in [0.5, 0.6) is 0 Å². The van der Waals surface area contributed by atoms with Crippen molar-refractivity contribution in [3.8, 4) is 0 Å². The molecule has 33 heavy (non-hydrogen) atoms. The Kier molecular flexibility index (Phi) is 5.06. The molecule has 1 N–H and O–H groups in total. The zero-order chi connectivity index (χ0) is 24.2. The van der Waals surface area contributed by atoms with Crippen molar-refractivity contribution in [2.75, 3.05) is 0 Å². The lowest BCUT2D eigenvalue weighted by Crippen LogP contribution is -2.69. The van der Waals surface area contributed by atoms with Crippen molar-refractivity contribution in [3.05, 3.63) is 0 Å². The molecule has 0 aromatic heterocycles. The number of ketones is 1. The van der Waals surface area contributed by atoms with E-state index in [1.165, 1.54) is 19.1 Å². The maximum absolute atomic E-state index is 13.2. The number of aldehydes is 1. The highest BCUT2D eigenvalue weighted by Gasteiger charge is 2.72. The first-order chi connectivity index (χ1) is 15.2. The van der Waals surface area contributed by atoms with E-state index in [2.05, 4.69) is 48.5 Å². The minimum Gasteiger partial charge on any atom is -0.393 e. The van der Waals surface area contributed by atoms with E-state index in [1.807, 2.05) is 0 Å². The Balaban J connectivity index is 1.58. The highest BCUT2D eigenvalue weighted by Crippen LogP contribution is 2.78. The van der Waals surface area contributed by atoms with Crippen molar-refractivity contribution in [1.82, 2.24) is 0 Å². The van der Waals surface area contributed by atoms with Gasteiger partial charge in [0.2, 0.25) is 0 Å². The van der Waals surface area contributed by atoms with Crippen LogP contribution in [0.25, 0.3) is 0 Å². The molecule has 0 unspecified atom stereocenters. The molecule has 0 saturated heterocycles. The molecule has 5 fully saturated rings. The third-order valence-electron chi connectivity index (χ3n) is 13.7. The molecule has 5 aliphatic rings. The summed E-state index contributed by atoms with van der Waals surface area (Å²) in [4.78, 5) is 25.9. The maximum Gasteiger partial charge on any atom is 0.136 e. The van der Waals surface area contributed by atoms with Crippen LogP contribution in [-0.2, 0) is 9.59 Å². The van der Waals surface area contributed by atoms with Gasteiger partial charge in [-0.25, -0.2) is 0 Å². The van der Waals surface area contributed by atoms with E-state index in [-0.39, 0.29) is 44.5 Å². The van der Waals surface area contributed by atoms with E-state index in [0.717, 1.165) is 44.9 Å². The Morgan fingerprint density at radius 1 is 0.818 bits per heavy atom. The highest BCUT2D eigenvalue weighted by atomic mass is 16.3. The standard InChI is InChI=1S/C30H48O3/c1-19-20(32)8-9-21-27(19,5)11-10-22-28(6)13-12-26(4)17-24(33)25(2,3)16-23(26)29(28,7)14-15-30(21,22)18-31/h18-19,21-24,33H,8-17H2,1-7H3/t19-,21+,22+,23+,24+,26-,27+,28+,29-,30+/m0/s1. The number of carbonyl (C=O) groups excluding carboxylic acids is 2. The average Bonchev–Trinajstić information content (AvgIpc) is 2.75. The van der Waals surface area contributed by atoms with Crippen molar-refractivity contribution < 1.29 is 14.7 Å². The van der Waals surface area contributed by atoms with Crippen molar-refractivity contribution in [3.63, 3.8) is 0 Å². The summed E-state index contributed by atoms with van der Waals surface area (Å²) in [6, 6.07) is 0. The zero-order valence-electron chi connectivity index (χ0n) is 22.3. The van der Waals surface area contributed by atoms with Crippen molar-refractivity contribution >= 4 is 12.1 Å². The lowest BCUT2D eigenvalue weighted by molar-refractivity contribution is -0.259. The largest absolute Gasteiger partial charge is 0.393 e. The zero-order valence-corrected chi connectivity index (χ0v) is 22.3. The molecule has 0 heterocycles. The number of rotatable bonds is 1. The fourth-order valence-corrected chi connectivity index (χ4v) is 11.0. The third kappa shape index (κ3) is 2.78. The van der Waals surface area contributed by atoms with Gasteiger partial charge in [0, 0.05) is 17.8 Å². The summed E-state index contributed by atoms with van der Waals surface area (Å²) in [6.45, 7) is 16.6. The Morgan fingerprint density at radius 3 is 2.12 bits per heavy atom. The van der Waals surface area contributed by atoms with Crippen molar-refractivity contribution in [2.45, 2.75) is 119 Å². The van der Waals surface area contributed by atoms with Crippen LogP contribution >= 0.6 is 0 Å². The number of hydrogen-bond donors (Lipinski definition) is 1. The lowest BCUT2D eigenvalue weighted by Gasteiger charge is -2.74. The van der Waals surface area contributed by atoms with Crippen LogP contribution in [-0.4, -0.2) is 23.3 Å². The van der Waals surface area contributed by atoms with E-state index in [4.69, 9.17) is 0 Å². The van der Waals surface area contributed by atoms with Crippen LogP contribution in [0.1, 0.15) is 113 Å². The fraction of sp³-hybridized carbons (Fsp3) is 0.933. The Bertz CT molecular complexity index is 863. The topological polar surface area (TPSA) is 54.4 Å². The molecule has 5 aliphatic carbocycles. The van der Waals surface area contributed by atoms with Gasteiger partial charge in [-0.1, -0.05) is 48.5 Å². The fourth-order valence-electron chi connectivity index (χ4n) is 11.0. The predicted molar refractivity (Wildman–Crippen MR) is 132 cm³/mol. The lowest BCUT2D eigenvalue weighted by atomic mass is 9.30. The van der Waals surface area contributed by atoms with Crippen LogP contribution in [0.2, 0.25) is 0 Å². The third-order valence-corrected chi connectivity index (χ3v) is 13.7. The van der Waals surface area contributed by atoms with E-state index in [1.54, 1.807) is 0 Å². The van der Waals surface area contributed by atoms with Gasteiger partial charge in [-0.15, -0.1) is 0 Å².